The first kappa shape index (κ1) is 20.0. The van der Waals surface area contributed by atoms with Gasteiger partial charge in [0.25, 0.3) is 0 Å². The number of unbranched alkanes of at least 4 members (excludes halogenated alkanes) is 2. The quantitative estimate of drug-likeness (QED) is 0.336. The summed E-state index contributed by atoms with van der Waals surface area (Å²) in [5, 5.41) is 0. The van der Waals surface area contributed by atoms with E-state index >= 15 is 0 Å². The lowest BCUT2D eigenvalue weighted by Crippen LogP contribution is -2.50. The molecule has 1 unspecified atom stereocenters. The van der Waals surface area contributed by atoms with Crippen molar-refractivity contribution in [3.8, 4) is 0 Å². The number of hydrogen-bond donors (Lipinski definition) is 0. The van der Waals surface area contributed by atoms with Crippen LogP contribution in [0.25, 0.3) is 0 Å². The SMILES string of the molecule is CCCCC[C@@H](C)[C@H]1CC[C@H]2[C@@H]3CC=C4CC(C)CC[C@]4(C)[C@H]3CC[C@]12C. The summed E-state index contributed by atoms with van der Waals surface area (Å²) >= 11 is 0. The first-order chi connectivity index (χ1) is 12.9. The molecule has 154 valence electrons. The van der Waals surface area contributed by atoms with E-state index in [-0.39, 0.29) is 0 Å². The van der Waals surface area contributed by atoms with Gasteiger partial charge in [-0.05, 0) is 97.7 Å². The third kappa shape index (κ3) is 3.26. The summed E-state index contributed by atoms with van der Waals surface area (Å²) in [6.45, 7) is 12.8. The molecule has 0 heterocycles. The Hall–Kier alpha value is -0.260. The summed E-state index contributed by atoms with van der Waals surface area (Å²) in [6, 6.07) is 0. The lowest BCUT2D eigenvalue weighted by atomic mass is 9.46. The maximum absolute atomic E-state index is 2.75. The molecule has 27 heavy (non-hydrogen) atoms. The predicted octanol–water partition coefficient (Wildman–Crippen LogP) is 8.42. The Morgan fingerprint density at radius 1 is 1.04 bits per heavy atom. The second-order valence-corrected chi connectivity index (χ2v) is 11.8. The van der Waals surface area contributed by atoms with Crippen LogP contribution in [-0.4, -0.2) is 0 Å². The van der Waals surface area contributed by atoms with E-state index in [2.05, 4.69) is 40.7 Å². The zero-order valence-corrected chi connectivity index (χ0v) is 19.0. The van der Waals surface area contributed by atoms with Crippen molar-refractivity contribution in [3.63, 3.8) is 0 Å². The van der Waals surface area contributed by atoms with E-state index in [0.29, 0.717) is 10.8 Å². The highest BCUT2D eigenvalue weighted by atomic mass is 14.6. The van der Waals surface area contributed by atoms with Gasteiger partial charge in [-0.3, -0.25) is 0 Å². The summed E-state index contributed by atoms with van der Waals surface area (Å²) in [4.78, 5) is 0. The fourth-order valence-corrected chi connectivity index (χ4v) is 8.74. The van der Waals surface area contributed by atoms with E-state index in [1.807, 2.05) is 5.57 Å². The minimum Gasteiger partial charge on any atom is -0.0845 e. The largest absolute Gasteiger partial charge is 0.0845 e. The van der Waals surface area contributed by atoms with E-state index in [9.17, 15) is 0 Å². The number of allylic oxidation sites excluding steroid dienone is 2. The van der Waals surface area contributed by atoms with Gasteiger partial charge >= 0.3 is 0 Å². The average molecular weight is 371 g/mol. The maximum atomic E-state index is 2.75. The van der Waals surface area contributed by atoms with Gasteiger partial charge in [0, 0.05) is 0 Å². The summed E-state index contributed by atoms with van der Waals surface area (Å²) in [5.74, 6) is 5.89. The number of hydrogen-bond acceptors (Lipinski definition) is 0. The minimum absolute atomic E-state index is 0.557. The fraction of sp³-hybridized carbons (Fsp3) is 0.926. The van der Waals surface area contributed by atoms with Gasteiger partial charge in [-0.1, -0.05) is 72.0 Å². The van der Waals surface area contributed by atoms with Crippen LogP contribution in [0.2, 0.25) is 0 Å². The Morgan fingerprint density at radius 3 is 2.63 bits per heavy atom. The van der Waals surface area contributed by atoms with Gasteiger partial charge in [0.2, 0.25) is 0 Å². The lowest BCUT2D eigenvalue weighted by molar-refractivity contribution is -0.0522. The van der Waals surface area contributed by atoms with Crippen molar-refractivity contribution in [1.82, 2.24) is 0 Å². The number of fused-ring (bicyclic) bond motifs is 5. The lowest BCUT2D eigenvalue weighted by Gasteiger charge is -2.58. The van der Waals surface area contributed by atoms with Gasteiger partial charge in [-0.25, -0.2) is 0 Å². The van der Waals surface area contributed by atoms with Crippen LogP contribution in [0, 0.1) is 46.3 Å². The highest BCUT2D eigenvalue weighted by Crippen LogP contribution is 2.67. The van der Waals surface area contributed by atoms with Crippen molar-refractivity contribution in [3.05, 3.63) is 11.6 Å². The van der Waals surface area contributed by atoms with Gasteiger partial charge < -0.3 is 0 Å². The van der Waals surface area contributed by atoms with Crippen molar-refractivity contribution < 1.29 is 0 Å². The zero-order valence-electron chi connectivity index (χ0n) is 19.0. The van der Waals surface area contributed by atoms with Crippen LogP contribution in [0.3, 0.4) is 0 Å². The predicted molar refractivity (Wildman–Crippen MR) is 118 cm³/mol. The van der Waals surface area contributed by atoms with Gasteiger partial charge in [0.05, 0.1) is 0 Å². The normalized spacial score (nSPS) is 47.6. The molecule has 0 N–H and O–H groups in total. The Labute approximate surface area is 170 Å². The molecular weight excluding hydrogens is 324 g/mol. The van der Waals surface area contributed by atoms with E-state index in [1.165, 1.54) is 77.0 Å². The van der Waals surface area contributed by atoms with Crippen molar-refractivity contribution in [2.24, 2.45) is 46.3 Å². The average Bonchev–Trinajstić information content (AvgIpc) is 3.00. The summed E-state index contributed by atoms with van der Waals surface area (Å²) in [6.07, 6.45) is 20.4. The molecule has 0 amide bonds. The molecule has 0 aliphatic heterocycles. The maximum Gasteiger partial charge on any atom is -0.00851 e. The van der Waals surface area contributed by atoms with Crippen molar-refractivity contribution in [2.75, 3.05) is 0 Å². The molecule has 4 rings (SSSR count). The van der Waals surface area contributed by atoms with E-state index in [0.717, 1.165) is 35.5 Å². The third-order valence-corrected chi connectivity index (χ3v) is 10.4. The highest BCUT2D eigenvalue weighted by Gasteiger charge is 2.58. The first-order valence-corrected chi connectivity index (χ1v) is 12.6. The van der Waals surface area contributed by atoms with Crippen LogP contribution in [0.5, 0.6) is 0 Å². The fourth-order valence-electron chi connectivity index (χ4n) is 8.74. The van der Waals surface area contributed by atoms with Crippen LogP contribution < -0.4 is 0 Å². The standard InChI is InChI=1S/C27H46/c1-6-7-8-9-20(3)23-12-13-24-22-11-10-21-18-19(2)14-16-26(21,4)25(22)15-17-27(23,24)5/h10,19-20,22-25H,6-9,11-18H2,1-5H3/t19?,20-,22+,23-,24+,25+,26+,27-/m1/s1. The Morgan fingerprint density at radius 2 is 1.85 bits per heavy atom. The molecule has 3 fully saturated rings. The Bertz CT molecular complexity index is 558. The Balaban J connectivity index is 1.52. The van der Waals surface area contributed by atoms with Crippen LogP contribution in [0.15, 0.2) is 11.6 Å². The molecule has 0 spiro atoms. The van der Waals surface area contributed by atoms with Crippen molar-refractivity contribution in [2.45, 2.75) is 112 Å². The first-order valence-electron chi connectivity index (χ1n) is 12.6. The van der Waals surface area contributed by atoms with E-state index in [1.54, 1.807) is 0 Å². The summed E-state index contributed by atoms with van der Waals surface area (Å²) in [7, 11) is 0. The molecular formula is C27H46. The molecule has 0 bridgehead atoms. The van der Waals surface area contributed by atoms with Crippen molar-refractivity contribution in [1.29, 1.82) is 0 Å². The van der Waals surface area contributed by atoms with Crippen LogP contribution >= 0.6 is 0 Å². The third-order valence-electron chi connectivity index (χ3n) is 10.4. The smallest absolute Gasteiger partial charge is 0.00851 e. The molecule has 0 aromatic rings. The van der Waals surface area contributed by atoms with Gasteiger partial charge in [-0.15, -0.1) is 0 Å². The Kier molecular flexibility index (Phi) is 5.59. The van der Waals surface area contributed by atoms with Crippen LogP contribution in [0.4, 0.5) is 0 Å². The molecule has 3 saturated carbocycles. The topological polar surface area (TPSA) is 0 Å². The second-order valence-electron chi connectivity index (χ2n) is 11.8. The molecule has 4 aliphatic rings. The van der Waals surface area contributed by atoms with Crippen LogP contribution in [0.1, 0.15) is 112 Å². The molecule has 0 aromatic heterocycles. The molecule has 0 heteroatoms. The van der Waals surface area contributed by atoms with Gasteiger partial charge in [-0.2, -0.15) is 0 Å². The van der Waals surface area contributed by atoms with Crippen molar-refractivity contribution >= 4 is 0 Å². The molecule has 0 nitrogen and oxygen atoms in total. The molecule has 4 aliphatic carbocycles. The van der Waals surface area contributed by atoms with Crippen LogP contribution in [-0.2, 0) is 0 Å². The van der Waals surface area contributed by atoms with Gasteiger partial charge in [0.1, 0.15) is 0 Å². The van der Waals surface area contributed by atoms with E-state index < -0.39 is 0 Å². The summed E-state index contributed by atoms with van der Waals surface area (Å²) < 4.78 is 0. The zero-order chi connectivity index (χ0) is 19.2. The van der Waals surface area contributed by atoms with E-state index in [4.69, 9.17) is 0 Å². The molecule has 0 saturated heterocycles. The highest BCUT2D eigenvalue weighted by molar-refractivity contribution is 5.25. The van der Waals surface area contributed by atoms with Gasteiger partial charge in [0.15, 0.2) is 0 Å². The molecule has 8 atom stereocenters. The molecule has 0 aromatic carbocycles. The second kappa shape index (κ2) is 7.53. The molecule has 0 radical (unpaired) electrons. The minimum atomic E-state index is 0.557. The number of rotatable bonds is 5. The summed E-state index contributed by atoms with van der Waals surface area (Å²) in [5.41, 5.74) is 3.08. The monoisotopic (exact) mass is 370 g/mol.